The van der Waals surface area contributed by atoms with Crippen molar-refractivity contribution in [3.05, 3.63) is 59.9 Å². The second-order valence-electron chi connectivity index (χ2n) is 5.30. The second kappa shape index (κ2) is 6.09. The minimum absolute atomic E-state index is 0.114. The molecular weight excluding hydrogens is 253 g/mol. The van der Waals surface area contributed by atoms with E-state index in [-0.39, 0.29) is 5.82 Å². The molecule has 1 aromatic heterocycles. The summed E-state index contributed by atoms with van der Waals surface area (Å²) in [6.07, 6.45) is 5.66. The number of piperidine rings is 1. The average molecular weight is 271 g/mol. The van der Waals surface area contributed by atoms with E-state index in [0.717, 1.165) is 37.2 Å². The molecule has 20 heavy (non-hydrogen) atoms. The molecule has 1 fully saturated rings. The van der Waals surface area contributed by atoms with Crippen LogP contribution in [-0.4, -0.2) is 28.0 Å². The number of hydrogen-bond acceptors (Lipinski definition) is 3. The molecule has 0 amide bonds. The van der Waals surface area contributed by atoms with E-state index in [1.54, 1.807) is 18.6 Å². The van der Waals surface area contributed by atoms with Crippen molar-refractivity contribution in [3.63, 3.8) is 0 Å². The molecule has 0 unspecified atom stereocenters. The molecule has 1 aliphatic heterocycles. The van der Waals surface area contributed by atoms with Crippen LogP contribution in [0.2, 0.25) is 0 Å². The Morgan fingerprint density at radius 2 is 2.15 bits per heavy atom. The second-order valence-corrected chi connectivity index (χ2v) is 5.30. The molecule has 104 valence electrons. The smallest absolute Gasteiger partial charge is 0.127 e. The SMILES string of the molecule is Fc1ccccc1CN1CCC[C@@H](c2ccncn2)C1. The molecule has 3 rings (SSSR count). The number of rotatable bonds is 3. The van der Waals surface area contributed by atoms with Gasteiger partial charge in [-0.1, -0.05) is 18.2 Å². The van der Waals surface area contributed by atoms with Crippen LogP contribution in [0.1, 0.15) is 30.0 Å². The summed E-state index contributed by atoms with van der Waals surface area (Å²) in [6.45, 7) is 2.63. The summed E-state index contributed by atoms with van der Waals surface area (Å²) in [5.41, 5.74) is 1.87. The summed E-state index contributed by atoms with van der Waals surface area (Å²) >= 11 is 0. The quantitative estimate of drug-likeness (QED) is 0.859. The van der Waals surface area contributed by atoms with Crippen LogP contribution >= 0.6 is 0 Å². The fourth-order valence-electron chi connectivity index (χ4n) is 2.85. The van der Waals surface area contributed by atoms with Gasteiger partial charge in [0.1, 0.15) is 12.1 Å². The van der Waals surface area contributed by atoms with E-state index in [4.69, 9.17) is 0 Å². The first-order chi connectivity index (χ1) is 9.83. The number of likely N-dealkylation sites (tertiary alicyclic amines) is 1. The van der Waals surface area contributed by atoms with Crippen LogP contribution in [0.5, 0.6) is 0 Å². The zero-order valence-corrected chi connectivity index (χ0v) is 11.4. The Morgan fingerprint density at radius 3 is 2.95 bits per heavy atom. The molecular formula is C16H18FN3. The molecule has 0 radical (unpaired) electrons. The van der Waals surface area contributed by atoms with Crippen molar-refractivity contribution in [3.8, 4) is 0 Å². The van der Waals surface area contributed by atoms with E-state index in [2.05, 4.69) is 14.9 Å². The number of aromatic nitrogens is 2. The zero-order valence-electron chi connectivity index (χ0n) is 11.4. The Bertz CT molecular complexity index is 559. The lowest BCUT2D eigenvalue weighted by Gasteiger charge is -2.32. The van der Waals surface area contributed by atoms with Crippen LogP contribution in [0, 0.1) is 5.82 Å². The van der Waals surface area contributed by atoms with Crippen molar-refractivity contribution >= 4 is 0 Å². The summed E-state index contributed by atoms with van der Waals surface area (Å²) < 4.78 is 13.7. The standard InChI is InChI=1S/C16H18FN3/c17-15-6-2-1-4-13(15)10-20-9-3-5-14(11-20)16-7-8-18-12-19-16/h1-2,4,6-8,12,14H,3,5,9-11H2/t14-/m1/s1. The van der Waals surface area contributed by atoms with Crippen LogP contribution in [0.15, 0.2) is 42.9 Å². The van der Waals surface area contributed by atoms with Crippen molar-refractivity contribution in [1.82, 2.24) is 14.9 Å². The van der Waals surface area contributed by atoms with Crippen molar-refractivity contribution in [2.75, 3.05) is 13.1 Å². The highest BCUT2D eigenvalue weighted by atomic mass is 19.1. The predicted molar refractivity (Wildman–Crippen MR) is 75.7 cm³/mol. The Hall–Kier alpha value is -1.81. The zero-order chi connectivity index (χ0) is 13.8. The van der Waals surface area contributed by atoms with E-state index >= 15 is 0 Å². The van der Waals surface area contributed by atoms with Crippen LogP contribution < -0.4 is 0 Å². The number of hydrogen-bond donors (Lipinski definition) is 0. The van der Waals surface area contributed by atoms with Gasteiger partial charge in [0.15, 0.2) is 0 Å². The third kappa shape index (κ3) is 3.02. The highest BCUT2D eigenvalue weighted by Crippen LogP contribution is 2.26. The first-order valence-electron chi connectivity index (χ1n) is 7.04. The van der Waals surface area contributed by atoms with E-state index in [9.17, 15) is 4.39 Å². The first-order valence-corrected chi connectivity index (χ1v) is 7.04. The Balaban J connectivity index is 1.68. The highest BCUT2D eigenvalue weighted by Gasteiger charge is 2.22. The minimum Gasteiger partial charge on any atom is -0.298 e. The Labute approximate surface area is 118 Å². The largest absolute Gasteiger partial charge is 0.298 e. The molecule has 1 aromatic carbocycles. The third-order valence-electron chi connectivity index (χ3n) is 3.88. The number of halogens is 1. The fraction of sp³-hybridized carbons (Fsp3) is 0.375. The van der Waals surface area contributed by atoms with Crippen LogP contribution in [0.25, 0.3) is 0 Å². The van der Waals surface area contributed by atoms with E-state index in [1.807, 2.05) is 18.2 Å². The monoisotopic (exact) mass is 271 g/mol. The lowest BCUT2D eigenvalue weighted by atomic mass is 9.94. The molecule has 4 heteroatoms. The van der Waals surface area contributed by atoms with E-state index < -0.39 is 0 Å². The lowest BCUT2D eigenvalue weighted by Crippen LogP contribution is -2.34. The van der Waals surface area contributed by atoms with Gasteiger partial charge in [0.05, 0.1) is 0 Å². The molecule has 2 heterocycles. The molecule has 2 aromatic rings. The van der Waals surface area contributed by atoms with Gasteiger partial charge in [-0.3, -0.25) is 4.90 Å². The van der Waals surface area contributed by atoms with Gasteiger partial charge in [-0.25, -0.2) is 14.4 Å². The summed E-state index contributed by atoms with van der Waals surface area (Å²) in [6, 6.07) is 9.01. The normalized spacial score (nSPS) is 19.9. The first kappa shape index (κ1) is 13.2. The van der Waals surface area contributed by atoms with E-state index in [1.165, 1.54) is 6.07 Å². The predicted octanol–water partition coefficient (Wildman–Crippen LogP) is 3.00. The molecule has 0 bridgehead atoms. The molecule has 3 nitrogen and oxygen atoms in total. The maximum absolute atomic E-state index is 13.7. The Morgan fingerprint density at radius 1 is 1.25 bits per heavy atom. The highest BCUT2D eigenvalue weighted by molar-refractivity contribution is 5.17. The average Bonchev–Trinajstić information content (AvgIpc) is 2.51. The number of benzene rings is 1. The molecule has 0 N–H and O–H groups in total. The van der Waals surface area contributed by atoms with Gasteiger partial charge in [-0.2, -0.15) is 0 Å². The molecule has 0 spiro atoms. The van der Waals surface area contributed by atoms with Crippen LogP contribution in [0.4, 0.5) is 4.39 Å². The third-order valence-corrected chi connectivity index (χ3v) is 3.88. The van der Waals surface area contributed by atoms with Gasteiger partial charge in [0.25, 0.3) is 0 Å². The molecule has 0 aliphatic carbocycles. The van der Waals surface area contributed by atoms with Gasteiger partial charge in [0.2, 0.25) is 0 Å². The summed E-state index contributed by atoms with van der Waals surface area (Å²) in [5.74, 6) is 0.315. The van der Waals surface area contributed by atoms with Crippen LogP contribution in [-0.2, 0) is 6.54 Å². The fourth-order valence-corrected chi connectivity index (χ4v) is 2.85. The van der Waals surface area contributed by atoms with Gasteiger partial charge in [0, 0.05) is 36.5 Å². The molecule has 1 saturated heterocycles. The van der Waals surface area contributed by atoms with Crippen molar-refractivity contribution in [2.45, 2.75) is 25.3 Å². The van der Waals surface area contributed by atoms with Gasteiger partial charge < -0.3 is 0 Å². The topological polar surface area (TPSA) is 29.0 Å². The van der Waals surface area contributed by atoms with Gasteiger partial charge in [-0.15, -0.1) is 0 Å². The maximum atomic E-state index is 13.7. The van der Waals surface area contributed by atoms with Crippen molar-refractivity contribution < 1.29 is 4.39 Å². The van der Waals surface area contributed by atoms with Gasteiger partial charge >= 0.3 is 0 Å². The Kier molecular flexibility index (Phi) is 4.02. The summed E-state index contributed by atoms with van der Waals surface area (Å²) in [4.78, 5) is 10.6. The lowest BCUT2D eigenvalue weighted by molar-refractivity contribution is 0.196. The molecule has 1 aliphatic rings. The molecule has 1 atom stereocenters. The minimum atomic E-state index is -0.114. The maximum Gasteiger partial charge on any atom is 0.127 e. The van der Waals surface area contributed by atoms with E-state index in [0.29, 0.717) is 12.5 Å². The van der Waals surface area contributed by atoms with Crippen molar-refractivity contribution in [1.29, 1.82) is 0 Å². The van der Waals surface area contributed by atoms with Crippen molar-refractivity contribution in [2.24, 2.45) is 0 Å². The number of nitrogens with zero attached hydrogens (tertiary/aromatic N) is 3. The van der Waals surface area contributed by atoms with Gasteiger partial charge in [-0.05, 0) is 31.5 Å². The van der Waals surface area contributed by atoms with Crippen LogP contribution in [0.3, 0.4) is 0 Å². The summed E-state index contributed by atoms with van der Waals surface area (Å²) in [7, 11) is 0. The summed E-state index contributed by atoms with van der Waals surface area (Å²) in [5, 5.41) is 0. The molecule has 0 saturated carbocycles.